The second kappa shape index (κ2) is 9.82. The molecular weight excluding hydrogens is 354 g/mol. The molecule has 0 unspecified atom stereocenters. The molecule has 0 radical (unpaired) electrons. The fourth-order valence-electron chi connectivity index (χ4n) is 2.33. The number of methoxy groups -OCH3 is 2. The zero-order valence-electron chi connectivity index (χ0n) is 15.1. The van der Waals surface area contributed by atoms with Gasteiger partial charge in [0.2, 0.25) is 0 Å². The minimum absolute atomic E-state index is 0.284. The van der Waals surface area contributed by atoms with Crippen LogP contribution in [0.2, 0.25) is 0 Å². The molecule has 0 bridgehead atoms. The molecule has 1 aromatic carbocycles. The Hall–Kier alpha value is -2.54. The molecule has 0 saturated heterocycles. The summed E-state index contributed by atoms with van der Waals surface area (Å²) in [5.74, 6) is 0.291. The molecule has 0 saturated carbocycles. The van der Waals surface area contributed by atoms with Crippen LogP contribution in [0.5, 0.6) is 11.5 Å². The maximum atomic E-state index is 12.2. The highest BCUT2D eigenvalue weighted by atomic mass is 32.1. The lowest BCUT2D eigenvalue weighted by Crippen LogP contribution is -2.29. The van der Waals surface area contributed by atoms with E-state index < -0.39 is 12.0 Å². The lowest BCUT2D eigenvalue weighted by molar-refractivity contribution is -0.153. The van der Waals surface area contributed by atoms with Gasteiger partial charge in [-0.15, -0.1) is 11.3 Å². The first-order valence-electron chi connectivity index (χ1n) is 8.28. The van der Waals surface area contributed by atoms with Crippen LogP contribution in [0.3, 0.4) is 0 Å². The van der Waals surface area contributed by atoms with E-state index in [0.29, 0.717) is 23.6 Å². The molecule has 0 spiro atoms. The molecule has 1 aromatic heterocycles. The third kappa shape index (κ3) is 5.77. The van der Waals surface area contributed by atoms with Crippen molar-refractivity contribution >= 4 is 28.9 Å². The minimum Gasteiger partial charge on any atom is -0.493 e. The van der Waals surface area contributed by atoms with E-state index >= 15 is 0 Å². The van der Waals surface area contributed by atoms with Crippen LogP contribution < -0.4 is 14.8 Å². The number of carbonyl (C=O) groups excluding carboxylic acids is 2. The summed E-state index contributed by atoms with van der Waals surface area (Å²) in [6.45, 7) is 1.55. The molecule has 0 aliphatic carbocycles. The molecule has 7 heteroatoms. The Kier molecular flexibility index (Phi) is 7.47. The van der Waals surface area contributed by atoms with Gasteiger partial charge in [-0.3, -0.25) is 9.59 Å². The molecule has 1 atom stereocenters. The molecule has 6 nitrogen and oxygen atoms in total. The largest absolute Gasteiger partial charge is 0.493 e. The first-order valence-corrected chi connectivity index (χ1v) is 9.16. The summed E-state index contributed by atoms with van der Waals surface area (Å²) >= 11 is 1.66. The second-order valence-electron chi connectivity index (χ2n) is 5.62. The normalized spacial score (nSPS) is 11.5. The zero-order chi connectivity index (χ0) is 18.9. The Morgan fingerprint density at radius 1 is 1.15 bits per heavy atom. The van der Waals surface area contributed by atoms with Crippen LogP contribution in [-0.4, -0.2) is 32.2 Å². The van der Waals surface area contributed by atoms with E-state index in [-0.39, 0.29) is 12.4 Å². The quantitative estimate of drug-likeness (QED) is 0.675. The number of anilines is 1. The van der Waals surface area contributed by atoms with E-state index in [9.17, 15) is 9.59 Å². The zero-order valence-corrected chi connectivity index (χ0v) is 15.9. The van der Waals surface area contributed by atoms with Gasteiger partial charge >= 0.3 is 5.97 Å². The van der Waals surface area contributed by atoms with Crippen LogP contribution in [0.15, 0.2) is 35.7 Å². The molecule has 26 heavy (non-hydrogen) atoms. The number of hydrogen-bond acceptors (Lipinski definition) is 6. The second-order valence-corrected chi connectivity index (χ2v) is 6.66. The Morgan fingerprint density at radius 3 is 2.58 bits per heavy atom. The van der Waals surface area contributed by atoms with Crippen LogP contribution in [0.1, 0.15) is 24.6 Å². The van der Waals surface area contributed by atoms with E-state index in [4.69, 9.17) is 14.2 Å². The number of thiophene rings is 1. The Labute approximate surface area is 157 Å². The van der Waals surface area contributed by atoms with Gasteiger partial charge < -0.3 is 19.5 Å². The summed E-state index contributed by atoms with van der Waals surface area (Å²) in [5, 5.41) is 4.71. The summed E-state index contributed by atoms with van der Waals surface area (Å²) in [6.07, 6.45) is 0.936. The molecule has 1 heterocycles. The van der Waals surface area contributed by atoms with Gasteiger partial charge in [-0.2, -0.15) is 0 Å². The van der Waals surface area contributed by atoms with Crippen molar-refractivity contribution in [2.75, 3.05) is 19.5 Å². The molecule has 0 aliphatic heterocycles. The van der Waals surface area contributed by atoms with E-state index in [2.05, 4.69) is 5.32 Å². The highest BCUT2D eigenvalue weighted by molar-refractivity contribution is 7.09. The number of nitrogens with one attached hydrogen (secondary N) is 1. The summed E-state index contributed by atoms with van der Waals surface area (Å²) < 4.78 is 15.6. The van der Waals surface area contributed by atoms with Crippen LogP contribution in [0.4, 0.5) is 5.69 Å². The molecule has 140 valence electrons. The third-order valence-electron chi connectivity index (χ3n) is 3.71. The number of carbonyl (C=O) groups is 2. The molecule has 2 rings (SSSR count). The number of hydrogen-bond donors (Lipinski definition) is 1. The maximum Gasteiger partial charge on any atom is 0.306 e. The van der Waals surface area contributed by atoms with Crippen molar-refractivity contribution in [1.29, 1.82) is 0 Å². The SMILES string of the molecule is COc1ccc(NC(=O)[C@H](C)OC(=O)CCCc2cccs2)cc1OC. The van der Waals surface area contributed by atoms with Crippen molar-refractivity contribution in [2.24, 2.45) is 0 Å². The van der Waals surface area contributed by atoms with Gasteiger partial charge in [0.05, 0.1) is 14.2 Å². The average Bonchev–Trinajstić information content (AvgIpc) is 3.14. The molecule has 1 N–H and O–H groups in total. The topological polar surface area (TPSA) is 73.9 Å². The highest BCUT2D eigenvalue weighted by Gasteiger charge is 2.18. The highest BCUT2D eigenvalue weighted by Crippen LogP contribution is 2.29. The maximum absolute atomic E-state index is 12.2. The lowest BCUT2D eigenvalue weighted by Gasteiger charge is -2.15. The van der Waals surface area contributed by atoms with Crippen molar-refractivity contribution in [3.05, 3.63) is 40.6 Å². The van der Waals surface area contributed by atoms with Gasteiger partial charge in [-0.1, -0.05) is 6.07 Å². The first-order chi connectivity index (χ1) is 12.5. The number of amides is 1. The van der Waals surface area contributed by atoms with Gasteiger partial charge in [-0.05, 0) is 43.3 Å². The third-order valence-corrected chi connectivity index (χ3v) is 4.65. The van der Waals surface area contributed by atoms with E-state index in [1.54, 1.807) is 36.5 Å². The van der Waals surface area contributed by atoms with Gasteiger partial charge in [0.15, 0.2) is 17.6 Å². The number of rotatable bonds is 9. The van der Waals surface area contributed by atoms with Gasteiger partial charge in [0.25, 0.3) is 5.91 Å². The summed E-state index contributed by atoms with van der Waals surface area (Å²) in [6, 6.07) is 9.05. The standard InChI is InChI=1S/C19H23NO5S/c1-13(25-18(21)8-4-6-15-7-5-11-26-15)19(22)20-14-9-10-16(23-2)17(12-14)24-3/h5,7,9-13H,4,6,8H2,1-3H3,(H,20,22)/t13-/m0/s1. The van der Waals surface area contributed by atoms with Crippen molar-refractivity contribution in [1.82, 2.24) is 0 Å². The van der Waals surface area contributed by atoms with Crippen LogP contribution in [0, 0.1) is 0 Å². The van der Waals surface area contributed by atoms with Gasteiger partial charge in [-0.25, -0.2) is 0 Å². The Morgan fingerprint density at radius 2 is 1.92 bits per heavy atom. The summed E-state index contributed by atoms with van der Waals surface area (Å²) in [7, 11) is 3.06. The molecule has 0 fully saturated rings. The van der Waals surface area contributed by atoms with Crippen LogP contribution in [-0.2, 0) is 20.7 Å². The smallest absolute Gasteiger partial charge is 0.306 e. The predicted molar refractivity (Wildman–Crippen MR) is 101 cm³/mol. The van der Waals surface area contributed by atoms with Crippen molar-refractivity contribution in [3.8, 4) is 11.5 Å². The Balaban J connectivity index is 1.80. The fourth-order valence-corrected chi connectivity index (χ4v) is 3.08. The minimum atomic E-state index is -0.877. The first kappa shape index (κ1) is 19.8. The molecule has 0 aliphatic rings. The van der Waals surface area contributed by atoms with Crippen molar-refractivity contribution in [3.63, 3.8) is 0 Å². The van der Waals surface area contributed by atoms with Crippen molar-refractivity contribution < 1.29 is 23.8 Å². The number of benzene rings is 1. The molecule has 2 aromatic rings. The number of ether oxygens (including phenoxy) is 3. The van der Waals surface area contributed by atoms with Crippen LogP contribution >= 0.6 is 11.3 Å². The van der Waals surface area contributed by atoms with E-state index in [0.717, 1.165) is 6.42 Å². The monoisotopic (exact) mass is 377 g/mol. The summed E-state index contributed by atoms with van der Waals surface area (Å²) in [5.41, 5.74) is 0.535. The summed E-state index contributed by atoms with van der Waals surface area (Å²) in [4.78, 5) is 25.3. The Bertz CT molecular complexity index is 730. The van der Waals surface area contributed by atoms with Gasteiger partial charge in [0.1, 0.15) is 0 Å². The fraction of sp³-hybridized carbons (Fsp3) is 0.368. The number of esters is 1. The van der Waals surface area contributed by atoms with E-state index in [1.807, 2.05) is 17.5 Å². The average molecular weight is 377 g/mol. The van der Waals surface area contributed by atoms with Gasteiger partial charge in [0, 0.05) is 23.1 Å². The predicted octanol–water partition coefficient (Wildman–Crippen LogP) is 3.66. The lowest BCUT2D eigenvalue weighted by atomic mass is 10.2. The molecule has 1 amide bonds. The van der Waals surface area contributed by atoms with Crippen LogP contribution in [0.25, 0.3) is 0 Å². The molecular formula is C19H23NO5S. The van der Waals surface area contributed by atoms with E-state index in [1.165, 1.54) is 19.1 Å². The number of aryl methyl sites for hydroxylation is 1. The van der Waals surface area contributed by atoms with Crippen molar-refractivity contribution in [2.45, 2.75) is 32.3 Å².